The molecule has 7 heteroatoms. The predicted molar refractivity (Wildman–Crippen MR) is 56.9 cm³/mol. The molecule has 1 N–H and O–H groups in total. The van der Waals surface area contributed by atoms with Gasteiger partial charge in [-0.2, -0.15) is 0 Å². The van der Waals surface area contributed by atoms with E-state index in [9.17, 15) is 13.2 Å². The Bertz CT molecular complexity index is 526. The summed E-state index contributed by atoms with van der Waals surface area (Å²) in [4.78, 5) is 14.3. The first kappa shape index (κ1) is 10.9. The second kappa shape index (κ2) is 3.75. The fourth-order valence-electron chi connectivity index (χ4n) is 1.62. The average molecular weight is 242 g/mol. The molecule has 1 aliphatic heterocycles. The fourth-order valence-corrected chi connectivity index (χ4v) is 3.18. The van der Waals surface area contributed by atoms with Crippen LogP contribution in [-0.4, -0.2) is 36.8 Å². The molecule has 1 aliphatic rings. The van der Waals surface area contributed by atoms with Gasteiger partial charge in [0.2, 0.25) is 10.0 Å². The molecule has 1 aromatic rings. The maximum Gasteiger partial charge on any atom is 0.354 e. The Kier molecular flexibility index (Phi) is 2.55. The Morgan fingerprint density at radius 1 is 1.50 bits per heavy atom. The van der Waals surface area contributed by atoms with Crippen LogP contribution in [0.25, 0.3) is 0 Å². The van der Waals surface area contributed by atoms with E-state index in [-0.39, 0.29) is 11.4 Å². The molecule has 0 radical (unpaired) electrons. The van der Waals surface area contributed by atoms with Crippen LogP contribution >= 0.6 is 0 Å². The highest BCUT2D eigenvalue weighted by atomic mass is 32.2. The number of hydrogen-bond donors (Lipinski definition) is 1. The lowest BCUT2D eigenvalue weighted by atomic mass is 10.3. The van der Waals surface area contributed by atoms with Gasteiger partial charge in [-0.25, -0.2) is 18.2 Å². The lowest BCUT2D eigenvalue weighted by Crippen LogP contribution is -2.25. The number of nitrogens with zero attached hydrogens (tertiary/aromatic N) is 2. The van der Waals surface area contributed by atoms with Crippen molar-refractivity contribution in [1.29, 1.82) is 0 Å². The molecule has 0 unspecified atom stereocenters. The molecule has 0 aliphatic carbocycles. The van der Waals surface area contributed by atoms with Crippen molar-refractivity contribution >= 4 is 21.7 Å². The molecule has 2 heterocycles. The molecule has 0 atom stereocenters. The van der Waals surface area contributed by atoms with Gasteiger partial charge >= 0.3 is 5.97 Å². The van der Waals surface area contributed by atoms with Gasteiger partial charge < -0.3 is 5.11 Å². The topological polar surface area (TPSA) is 87.6 Å². The lowest BCUT2D eigenvalue weighted by molar-refractivity contribution is 0.0690. The van der Waals surface area contributed by atoms with Crippen LogP contribution in [-0.2, 0) is 10.0 Å². The van der Waals surface area contributed by atoms with Crippen LogP contribution in [0.15, 0.2) is 18.3 Å². The first-order valence-electron chi connectivity index (χ1n) is 4.70. The summed E-state index contributed by atoms with van der Waals surface area (Å²) in [6, 6.07) is 2.76. The van der Waals surface area contributed by atoms with Crippen molar-refractivity contribution in [2.75, 3.05) is 16.6 Å². The van der Waals surface area contributed by atoms with Gasteiger partial charge in [0.15, 0.2) is 0 Å². The molecule has 0 saturated carbocycles. The molecule has 86 valence electrons. The minimum atomic E-state index is -3.27. The van der Waals surface area contributed by atoms with Crippen molar-refractivity contribution in [2.45, 2.75) is 6.42 Å². The van der Waals surface area contributed by atoms with Gasteiger partial charge in [-0.3, -0.25) is 4.31 Å². The summed E-state index contributed by atoms with van der Waals surface area (Å²) in [6.07, 6.45) is 1.86. The highest BCUT2D eigenvalue weighted by Gasteiger charge is 2.28. The largest absolute Gasteiger partial charge is 0.477 e. The number of sulfonamides is 1. The molecular formula is C9H10N2O4S. The third-order valence-corrected chi connectivity index (χ3v) is 4.22. The lowest BCUT2D eigenvalue weighted by Gasteiger charge is -2.16. The third kappa shape index (κ3) is 1.85. The molecule has 0 aromatic carbocycles. The zero-order valence-electron chi connectivity index (χ0n) is 8.33. The standard InChI is InChI=1S/C9H10N2O4S/c12-9(13)8-6-7(2-3-10-8)11-4-1-5-16(11,14)15/h2-3,6H,1,4-5H2,(H,12,13). The smallest absolute Gasteiger partial charge is 0.354 e. The molecule has 6 nitrogen and oxygen atoms in total. The number of anilines is 1. The van der Waals surface area contributed by atoms with Crippen LogP contribution in [0, 0.1) is 0 Å². The van der Waals surface area contributed by atoms with Gasteiger partial charge in [-0.15, -0.1) is 0 Å². The Balaban J connectivity index is 2.41. The van der Waals surface area contributed by atoms with Crippen LogP contribution in [0.4, 0.5) is 5.69 Å². The van der Waals surface area contributed by atoms with Crippen molar-refractivity contribution < 1.29 is 18.3 Å². The normalized spacial score (nSPS) is 18.6. The van der Waals surface area contributed by atoms with Crippen LogP contribution < -0.4 is 4.31 Å². The zero-order chi connectivity index (χ0) is 11.8. The molecule has 0 spiro atoms. The second-order valence-corrected chi connectivity index (χ2v) is 5.46. The first-order valence-corrected chi connectivity index (χ1v) is 6.31. The minimum Gasteiger partial charge on any atom is -0.477 e. The van der Waals surface area contributed by atoms with Gasteiger partial charge in [0, 0.05) is 12.7 Å². The quantitative estimate of drug-likeness (QED) is 0.806. The van der Waals surface area contributed by atoms with E-state index >= 15 is 0 Å². The summed E-state index contributed by atoms with van der Waals surface area (Å²) in [7, 11) is -3.27. The van der Waals surface area contributed by atoms with E-state index in [1.807, 2.05) is 0 Å². The summed E-state index contributed by atoms with van der Waals surface area (Å²) in [5, 5.41) is 8.75. The first-order chi connectivity index (χ1) is 7.50. The van der Waals surface area contributed by atoms with Crippen LogP contribution in [0.5, 0.6) is 0 Å². The third-order valence-electron chi connectivity index (χ3n) is 2.35. The number of pyridine rings is 1. The van der Waals surface area contributed by atoms with Gasteiger partial charge in [-0.05, 0) is 18.6 Å². The van der Waals surface area contributed by atoms with E-state index in [1.165, 1.54) is 22.6 Å². The van der Waals surface area contributed by atoms with Crippen molar-refractivity contribution in [2.24, 2.45) is 0 Å². The number of hydrogen-bond acceptors (Lipinski definition) is 4. The van der Waals surface area contributed by atoms with E-state index in [2.05, 4.69) is 4.98 Å². The fraction of sp³-hybridized carbons (Fsp3) is 0.333. The summed E-state index contributed by atoms with van der Waals surface area (Å²) in [5.74, 6) is -1.06. The molecule has 1 saturated heterocycles. The predicted octanol–water partition coefficient (Wildman–Crippen LogP) is 0.320. The van der Waals surface area contributed by atoms with Crippen LogP contribution in [0.1, 0.15) is 16.9 Å². The van der Waals surface area contributed by atoms with Crippen molar-refractivity contribution in [3.05, 3.63) is 24.0 Å². The van der Waals surface area contributed by atoms with Crippen LogP contribution in [0.2, 0.25) is 0 Å². The monoisotopic (exact) mass is 242 g/mol. The Hall–Kier alpha value is -1.63. The van der Waals surface area contributed by atoms with Crippen molar-refractivity contribution in [3.63, 3.8) is 0 Å². The number of carboxylic acid groups (broad SMARTS) is 1. The van der Waals surface area contributed by atoms with E-state index in [0.29, 0.717) is 18.7 Å². The molecule has 0 bridgehead atoms. The number of carbonyl (C=O) groups is 1. The maximum atomic E-state index is 11.6. The Labute approximate surface area is 92.6 Å². The number of aromatic carboxylic acids is 1. The van der Waals surface area contributed by atoms with Gasteiger partial charge in [0.05, 0.1) is 11.4 Å². The molecule has 1 aromatic heterocycles. The molecule has 0 amide bonds. The highest BCUT2D eigenvalue weighted by molar-refractivity contribution is 7.93. The average Bonchev–Trinajstić information content (AvgIpc) is 2.58. The number of rotatable bonds is 2. The number of aromatic nitrogens is 1. The minimum absolute atomic E-state index is 0.109. The molecular weight excluding hydrogens is 232 g/mol. The Morgan fingerprint density at radius 3 is 2.81 bits per heavy atom. The van der Waals surface area contributed by atoms with E-state index in [1.54, 1.807) is 0 Å². The molecule has 2 rings (SSSR count). The van der Waals surface area contributed by atoms with E-state index in [0.717, 1.165) is 0 Å². The maximum absolute atomic E-state index is 11.6. The summed E-state index contributed by atoms with van der Waals surface area (Å²) in [6.45, 7) is 0.394. The number of carboxylic acids is 1. The molecule has 16 heavy (non-hydrogen) atoms. The zero-order valence-corrected chi connectivity index (χ0v) is 9.14. The van der Waals surface area contributed by atoms with E-state index < -0.39 is 16.0 Å². The highest BCUT2D eigenvalue weighted by Crippen LogP contribution is 2.23. The van der Waals surface area contributed by atoms with Gasteiger partial charge in [0.25, 0.3) is 0 Å². The summed E-state index contributed by atoms with van der Waals surface area (Å²) in [5.41, 5.74) is 0.213. The second-order valence-electron chi connectivity index (χ2n) is 3.45. The Morgan fingerprint density at radius 2 is 2.25 bits per heavy atom. The SMILES string of the molecule is O=C(O)c1cc(N2CCCS2(=O)=O)ccn1. The van der Waals surface area contributed by atoms with Crippen molar-refractivity contribution in [1.82, 2.24) is 4.98 Å². The van der Waals surface area contributed by atoms with E-state index in [4.69, 9.17) is 5.11 Å². The summed E-state index contributed by atoms with van der Waals surface area (Å²) < 4.78 is 24.4. The van der Waals surface area contributed by atoms with Crippen molar-refractivity contribution in [3.8, 4) is 0 Å². The molecule has 1 fully saturated rings. The van der Waals surface area contributed by atoms with Gasteiger partial charge in [0.1, 0.15) is 5.69 Å². The van der Waals surface area contributed by atoms with Gasteiger partial charge in [-0.1, -0.05) is 0 Å². The summed E-state index contributed by atoms with van der Waals surface area (Å²) >= 11 is 0. The van der Waals surface area contributed by atoms with Crippen LogP contribution in [0.3, 0.4) is 0 Å².